The molecule has 4 nitrogen and oxygen atoms in total. The molecule has 1 fully saturated rings. The number of carbonyl (C=O) groups is 1. The molecule has 0 bridgehead atoms. The fourth-order valence-electron chi connectivity index (χ4n) is 1.92. The van der Waals surface area contributed by atoms with E-state index in [1.165, 1.54) is 0 Å². The van der Waals surface area contributed by atoms with E-state index in [1.807, 2.05) is 13.8 Å². The zero-order chi connectivity index (χ0) is 13.8. The fourth-order valence-corrected chi connectivity index (χ4v) is 3.14. The topological polar surface area (TPSA) is 75.3 Å². The molecule has 1 amide bonds. The van der Waals surface area contributed by atoms with Gasteiger partial charge in [-0.15, -0.1) is 0 Å². The number of hydrogen-bond acceptors (Lipinski definition) is 4. The lowest BCUT2D eigenvalue weighted by molar-refractivity contribution is -0.124. The fraction of sp³-hybridized carbons (Fsp3) is 0.923. The van der Waals surface area contributed by atoms with Gasteiger partial charge in [0.25, 0.3) is 0 Å². The van der Waals surface area contributed by atoms with Crippen molar-refractivity contribution >= 4 is 17.7 Å². The summed E-state index contributed by atoms with van der Waals surface area (Å²) >= 11 is 1.79. The highest BCUT2D eigenvalue weighted by atomic mass is 32.2. The molecule has 0 saturated heterocycles. The van der Waals surface area contributed by atoms with Crippen molar-refractivity contribution in [2.75, 3.05) is 12.4 Å². The van der Waals surface area contributed by atoms with Gasteiger partial charge < -0.3 is 16.2 Å². The Morgan fingerprint density at radius 1 is 1.56 bits per heavy atom. The van der Waals surface area contributed by atoms with Gasteiger partial charge in [-0.3, -0.25) is 4.79 Å². The van der Waals surface area contributed by atoms with E-state index < -0.39 is 5.54 Å². The molecule has 0 aliphatic heterocycles. The minimum atomic E-state index is -0.601. The number of rotatable bonds is 9. The molecule has 0 radical (unpaired) electrons. The van der Waals surface area contributed by atoms with Gasteiger partial charge in [-0.05, 0) is 37.9 Å². The lowest BCUT2D eigenvalue weighted by Gasteiger charge is -2.30. The van der Waals surface area contributed by atoms with Crippen molar-refractivity contribution in [2.45, 2.75) is 56.9 Å². The molecule has 1 aliphatic rings. The van der Waals surface area contributed by atoms with Gasteiger partial charge in [-0.25, -0.2) is 0 Å². The van der Waals surface area contributed by atoms with Crippen molar-refractivity contribution in [3.8, 4) is 0 Å². The molecular formula is C13H26N2O2S. The standard InChI is InChI=1S/C13H26N2O2S/c1-9(7-16)8-18-10(2)6-13(3,12(14)17)15-11-4-5-11/h9-11,15-16H,4-8H2,1-3H3,(H2,14,17). The zero-order valence-corrected chi connectivity index (χ0v) is 12.4. The molecule has 0 spiro atoms. The van der Waals surface area contributed by atoms with Gasteiger partial charge >= 0.3 is 0 Å². The molecule has 18 heavy (non-hydrogen) atoms. The molecule has 5 heteroatoms. The first-order valence-corrected chi connectivity index (χ1v) is 7.72. The quantitative estimate of drug-likeness (QED) is 0.589. The Bertz CT molecular complexity index is 284. The van der Waals surface area contributed by atoms with Crippen molar-refractivity contribution in [3.05, 3.63) is 0 Å². The first-order valence-electron chi connectivity index (χ1n) is 6.67. The minimum Gasteiger partial charge on any atom is -0.396 e. The number of hydrogen-bond donors (Lipinski definition) is 3. The monoisotopic (exact) mass is 274 g/mol. The van der Waals surface area contributed by atoms with Crippen LogP contribution in [-0.2, 0) is 4.79 Å². The molecule has 0 aromatic carbocycles. The second-order valence-corrected chi connectivity index (χ2v) is 7.22. The van der Waals surface area contributed by atoms with Gasteiger partial charge in [0.15, 0.2) is 0 Å². The van der Waals surface area contributed by atoms with Crippen molar-refractivity contribution in [1.82, 2.24) is 5.32 Å². The summed E-state index contributed by atoms with van der Waals surface area (Å²) in [7, 11) is 0. The lowest BCUT2D eigenvalue weighted by Crippen LogP contribution is -2.55. The summed E-state index contributed by atoms with van der Waals surface area (Å²) in [5.41, 5.74) is 4.93. The van der Waals surface area contributed by atoms with Gasteiger partial charge in [0.2, 0.25) is 5.91 Å². The molecule has 1 saturated carbocycles. The summed E-state index contributed by atoms with van der Waals surface area (Å²) in [6.45, 7) is 6.26. The van der Waals surface area contributed by atoms with Crippen LogP contribution < -0.4 is 11.1 Å². The Labute approximate surface area is 114 Å². The van der Waals surface area contributed by atoms with E-state index in [-0.39, 0.29) is 12.5 Å². The molecule has 106 valence electrons. The van der Waals surface area contributed by atoms with E-state index in [4.69, 9.17) is 10.8 Å². The SMILES string of the molecule is CC(CO)CSC(C)CC(C)(NC1CC1)C(N)=O. The predicted octanol–water partition coefficient (Wildman–Crippen LogP) is 1.12. The highest BCUT2D eigenvalue weighted by Gasteiger charge is 2.38. The highest BCUT2D eigenvalue weighted by molar-refractivity contribution is 7.99. The van der Waals surface area contributed by atoms with Crippen LogP contribution in [0.3, 0.4) is 0 Å². The molecule has 1 rings (SSSR count). The second kappa shape index (κ2) is 6.78. The molecular weight excluding hydrogens is 248 g/mol. The molecule has 3 unspecified atom stereocenters. The number of amides is 1. The number of primary amides is 1. The molecule has 3 atom stereocenters. The van der Waals surface area contributed by atoms with Crippen LogP contribution in [0.5, 0.6) is 0 Å². The molecule has 1 aliphatic carbocycles. The average molecular weight is 274 g/mol. The summed E-state index contributed by atoms with van der Waals surface area (Å²) in [6, 6.07) is 0.469. The Balaban J connectivity index is 2.41. The maximum atomic E-state index is 11.6. The smallest absolute Gasteiger partial charge is 0.237 e. The van der Waals surface area contributed by atoms with Crippen LogP contribution in [0.1, 0.15) is 40.0 Å². The van der Waals surface area contributed by atoms with Crippen molar-refractivity contribution in [2.24, 2.45) is 11.7 Å². The number of nitrogens with two attached hydrogens (primary N) is 1. The van der Waals surface area contributed by atoms with E-state index in [9.17, 15) is 4.79 Å². The number of thioether (sulfide) groups is 1. The zero-order valence-electron chi connectivity index (χ0n) is 11.6. The van der Waals surface area contributed by atoms with Crippen LogP contribution in [0.15, 0.2) is 0 Å². The number of carbonyl (C=O) groups excluding carboxylic acids is 1. The molecule has 0 heterocycles. The van der Waals surface area contributed by atoms with Crippen molar-refractivity contribution < 1.29 is 9.90 Å². The van der Waals surface area contributed by atoms with Crippen LogP contribution in [-0.4, -0.2) is 40.2 Å². The normalized spacial score (nSPS) is 22.2. The van der Waals surface area contributed by atoms with Gasteiger partial charge in [0.05, 0.1) is 5.54 Å². The van der Waals surface area contributed by atoms with Gasteiger partial charge in [-0.1, -0.05) is 13.8 Å². The number of aliphatic hydroxyl groups is 1. The van der Waals surface area contributed by atoms with Crippen LogP contribution in [0.25, 0.3) is 0 Å². The third-order valence-electron chi connectivity index (χ3n) is 3.32. The molecule has 0 aromatic rings. The van der Waals surface area contributed by atoms with Crippen molar-refractivity contribution in [1.29, 1.82) is 0 Å². The van der Waals surface area contributed by atoms with Crippen molar-refractivity contribution in [3.63, 3.8) is 0 Å². The van der Waals surface area contributed by atoms with Gasteiger partial charge in [0.1, 0.15) is 0 Å². The maximum absolute atomic E-state index is 11.6. The van der Waals surface area contributed by atoms with Crippen LogP contribution in [0.2, 0.25) is 0 Å². The van der Waals surface area contributed by atoms with E-state index in [1.54, 1.807) is 11.8 Å². The highest BCUT2D eigenvalue weighted by Crippen LogP contribution is 2.28. The number of aliphatic hydroxyl groups excluding tert-OH is 1. The molecule has 0 aromatic heterocycles. The maximum Gasteiger partial charge on any atom is 0.237 e. The summed E-state index contributed by atoms with van der Waals surface area (Å²) in [5, 5.41) is 12.7. The Kier molecular flexibility index (Phi) is 5.95. The average Bonchev–Trinajstić information content (AvgIpc) is 3.09. The summed E-state index contributed by atoms with van der Waals surface area (Å²) < 4.78 is 0. The van der Waals surface area contributed by atoms with E-state index >= 15 is 0 Å². The Hall–Kier alpha value is -0.260. The van der Waals surface area contributed by atoms with Gasteiger partial charge in [0, 0.05) is 17.9 Å². The van der Waals surface area contributed by atoms with Crippen LogP contribution in [0.4, 0.5) is 0 Å². The second-order valence-electron chi connectivity index (χ2n) is 5.75. The summed E-state index contributed by atoms with van der Waals surface area (Å²) in [6.07, 6.45) is 3.03. The third kappa shape index (κ3) is 5.16. The summed E-state index contributed by atoms with van der Waals surface area (Å²) in [5.74, 6) is 0.946. The third-order valence-corrected chi connectivity index (χ3v) is 4.81. The predicted molar refractivity (Wildman–Crippen MR) is 76.5 cm³/mol. The van der Waals surface area contributed by atoms with Gasteiger partial charge in [-0.2, -0.15) is 11.8 Å². The Morgan fingerprint density at radius 2 is 2.17 bits per heavy atom. The first kappa shape index (κ1) is 15.8. The van der Waals surface area contributed by atoms with E-state index in [0.717, 1.165) is 25.0 Å². The summed E-state index contributed by atoms with van der Waals surface area (Å²) in [4.78, 5) is 11.6. The number of nitrogens with one attached hydrogen (secondary N) is 1. The Morgan fingerprint density at radius 3 is 2.61 bits per heavy atom. The first-order chi connectivity index (χ1) is 8.37. The molecule has 4 N–H and O–H groups in total. The van der Waals surface area contributed by atoms with E-state index in [2.05, 4.69) is 12.2 Å². The largest absolute Gasteiger partial charge is 0.396 e. The van der Waals surface area contributed by atoms with Crippen LogP contribution >= 0.6 is 11.8 Å². The van der Waals surface area contributed by atoms with Crippen LogP contribution in [0, 0.1) is 5.92 Å². The van der Waals surface area contributed by atoms with E-state index in [0.29, 0.717) is 17.2 Å². The minimum absolute atomic E-state index is 0.215. The lowest BCUT2D eigenvalue weighted by atomic mass is 9.95.